The van der Waals surface area contributed by atoms with Gasteiger partial charge in [0.15, 0.2) is 0 Å². The maximum atomic E-state index is 11.0. The lowest BCUT2D eigenvalue weighted by Gasteiger charge is -2.47. The van der Waals surface area contributed by atoms with Gasteiger partial charge in [-0.2, -0.15) is 0 Å². The van der Waals surface area contributed by atoms with Crippen molar-refractivity contribution >= 4 is 0 Å². The van der Waals surface area contributed by atoms with Gasteiger partial charge in [0.25, 0.3) is 0 Å². The molecule has 0 aromatic carbocycles. The van der Waals surface area contributed by atoms with Crippen molar-refractivity contribution in [3.8, 4) is 0 Å². The zero-order valence-electron chi connectivity index (χ0n) is 11.2. The topological polar surface area (TPSA) is 20.2 Å². The lowest BCUT2D eigenvalue weighted by molar-refractivity contribution is -0.0870. The van der Waals surface area contributed by atoms with Crippen molar-refractivity contribution in [1.82, 2.24) is 0 Å². The SMILES string of the molecule is CC1=C[C@@H]2C(C)(C)CCC[C@H](C)[C@]2(O)CC1. The second-order valence-corrected chi connectivity index (χ2v) is 6.76. The first-order valence-electron chi connectivity index (χ1n) is 6.76. The van der Waals surface area contributed by atoms with Gasteiger partial charge in [-0.3, -0.25) is 0 Å². The summed E-state index contributed by atoms with van der Waals surface area (Å²) in [5.41, 5.74) is 1.28. The van der Waals surface area contributed by atoms with Crippen LogP contribution in [0.25, 0.3) is 0 Å². The smallest absolute Gasteiger partial charge is 0.0743 e. The third-order valence-corrected chi connectivity index (χ3v) is 5.06. The summed E-state index contributed by atoms with van der Waals surface area (Å²) >= 11 is 0. The van der Waals surface area contributed by atoms with Crippen molar-refractivity contribution < 1.29 is 5.11 Å². The molecule has 0 aromatic heterocycles. The van der Waals surface area contributed by atoms with E-state index in [0.717, 1.165) is 12.8 Å². The van der Waals surface area contributed by atoms with Gasteiger partial charge in [-0.15, -0.1) is 0 Å². The summed E-state index contributed by atoms with van der Waals surface area (Å²) < 4.78 is 0. The van der Waals surface area contributed by atoms with Crippen LogP contribution in [-0.2, 0) is 0 Å². The number of hydrogen-bond acceptors (Lipinski definition) is 1. The minimum atomic E-state index is -0.445. The fourth-order valence-corrected chi connectivity index (χ4v) is 3.79. The van der Waals surface area contributed by atoms with E-state index in [9.17, 15) is 5.11 Å². The van der Waals surface area contributed by atoms with E-state index in [0.29, 0.717) is 11.8 Å². The Bertz CT molecular complexity index is 303. The van der Waals surface area contributed by atoms with Crippen LogP contribution in [0.2, 0.25) is 0 Å². The van der Waals surface area contributed by atoms with Crippen LogP contribution in [0.3, 0.4) is 0 Å². The molecule has 2 aliphatic carbocycles. The van der Waals surface area contributed by atoms with E-state index in [2.05, 4.69) is 33.8 Å². The van der Waals surface area contributed by atoms with E-state index in [4.69, 9.17) is 0 Å². The molecule has 3 atom stereocenters. The number of hydrogen-bond donors (Lipinski definition) is 1. The highest BCUT2D eigenvalue weighted by Gasteiger charge is 2.50. The van der Waals surface area contributed by atoms with E-state index >= 15 is 0 Å². The van der Waals surface area contributed by atoms with Gasteiger partial charge in [0.05, 0.1) is 5.60 Å². The molecule has 0 saturated heterocycles. The van der Waals surface area contributed by atoms with Gasteiger partial charge >= 0.3 is 0 Å². The molecule has 1 nitrogen and oxygen atoms in total. The van der Waals surface area contributed by atoms with Crippen molar-refractivity contribution in [2.24, 2.45) is 17.3 Å². The van der Waals surface area contributed by atoms with Crippen LogP contribution < -0.4 is 0 Å². The highest BCUT2D eigenvalue weighted by molar-refractivity contribution is 5.17. The molecule has 0 aromatic rings. The van der Waals surface area contributed by atoms with E-state index in [1.807, 2.05) is 0 Å². The summed E-state index contributed by atoms with van der Waals surface area (Å²) in [5, 5.41) is 11.0. The fourth-order valence-electron chi connectivity index (χ4n) is 3.79. The van der Waals surface area contributed by atoms with Gasteiger partial charge in [0.2, 0.25) is 0 Å². The average molecular weight is 222 g/mol. The molecule has 92 valence electrons. The summed E-state index contributed by atoms with van der Waals surface area (Å²) in [7, 11) is 0. The molecule has 1 heteroatoms. The summed E-state index contributed by atoms with van der Waals surface area (Å²) in [4.78, 5) is 0. The predicted molar refractivity (Wildman–Crippen MR) is 68.2 cm³/mol. The van der Waals surface area contributed by atoms with E-state index in [-0.39, 0.29) is 5.41 Å². The largest absolute Gasteiger partial charge is 0.389 e. The number of aliphatic hydroxyl groups is 1. The molecule has 0 bridgehead atoms. The molecule has 0 aliphatic heterocycles. The summed E-state index contributed by atoms with van der Waals surface area (Å²) in [5.74, 6) is 0.801. The van der Waals surface area contributed by atoms with Gasteiger partial charge < -0.3 is 5.11 Å². The first-order chi connectivity index (χ1) is 7.36. The maximum Gasteiger partial charge on any atom is 0.0743 e. The van der Waals surface area contributed by atoms with Crippen molar-refractivity contribution in [3.05, 3.63) is 11.6 Å². The monoisotopic (exact) mass is 222 g/mol. The second-order valence-electron chi connectivity index (χ2n) is 6.76. The van der Waals surface area contributed by atoms with Gasteiger partial charge in [-0.1, -0.05) is 38.8 Å². The normalized spacial score (nSPS) is 43.2. The Balaban J connectivity index is 2.42. The summed E-state index contributed by atoms with van der Waals surface area (Å²) in [6, 6.07) is 0. The highest BCUT2D eigenvalue weighted by atomic mass is 16.3. The Labute approximate surface area is 99.9 Å². The minimum absolute atomic E-state index is 0.251. The summed E-state index contributed by atoms with van der Waals surface area (Å²) in [6.45, 7) is 9.11. The van der Waals surface area contributed by atoms with E-state index in [1.165, 1.54) is 24.8 Å². The first kappa shape index (κ1) is 12.2. The third-order valence-electron chi connectivity index (χ3n) is 5.06. The van der Waals surface area contributed by atoms with Crippen molar-refractivity contribution in [2.75, 3.05) is 0 Å². The quantitative estimate of drug-likeness (QED) is 0.616. The zero-order valence-corrected chi connectivity index (χ0v) is 11.2. The van der Waals surface area contributed by atoms with Crippen LogP contribution in [0.4, 0.5) is 0 Å². The second kappa shape index (κ2) is 3.87. The number of rotatable bonds is 0. The van der Waals surface area contributed by atoms with Gasteiger partial charge in [0.1, 0.15) is 0 Å². The van der Waals surface area contributed by atoms with Crippen LogP contribution in [0.15, 0.2) is 11.6 Å². The van der Waals surface area contributed by atoms with Crippen LogP contribution in [0, 0.1) is 17.3 Å². The maximum absolute atomic E-state index is 11.0. The van der Waals surface area contributed by atoms with Crippen molar-refractivity contribution in [1.29, 1.82) is 0 Å². The zero-order chi connectivity index (χ0) is 12.0. The van der Waals surface area contributed by atoms with Crippen molar-refractivity contribution in [2.45, 2.75) is 65.4 Å². The molecule has 16 heavy (non-hydrogen) atoms. The van der Waals surface area contributed by atoms with Crippen molar-refractivity contribution in [3.63, 3.8) is 0 Å². The molecule has 0 unspecified atom stereocenters. The van der Waals surface area contributed by atoms with Gasteiger partial charge in [0, 0.05) is 5.92 Å². The molecule has 0 amide bonds. The number of allylic oxidation sites excluding steroid dienone is 1. The molecular weight excluding hydrogens is 196 g/mol. The first-order valence-corrected chi connectivity index (χ1v) is 6.76. The van der Waals surface area contributed by atoms with E-state index < -0.39 is 5.60 Å². The Kier molecular flexibility index (Phi) is 2.94. The lowest BCUT2D eigenvalue weighted by Crippen LogP contribution is -2.49. The molecule has 2 rings (SSSR count). The van der Waals surface area contributed by atoms with Crippen LogP contribution in [0.1, 0.15) is 59.8 Å². The Morgan fingerprint density at radius 3 is 2.69 bits per heavy atom. The van der Waals surface area contributed by atoms with Gasteiger partial charge in [-0.05, 0) is 43.9 Å². The molecule has 0 spiro atoms. The van der Waals surface area contributed by atoms with E-state index in [1.54, 1.807) is 0 Å². The Morgan fingerprint density at radius 2 is 2.00 bits per heavy atom. The van der Waals surface area contributed by atoms with Crippen LogP contribution in [0.5, 0.6) is 0 Å². The molecule has 1 fully saturated rings. The molecule has 2 aliphatic rings. The Morgan fingerprint density at radius 1 is 1.31 bits per heavy atom. The fraction of sp³-hybridized carbons (Fsp3) is 0.867. The predicted octanol–water partition coefficient (Wildman–Crippen LogP) is 3.92. The molecule has 0 heterocycles. The minimum Gasteiger partial charge on any atom is -0.389 e. The van der Waals surface area contributed by atoms with Crippen LogP contribution in [-0.4, -0.2) is 10.7 Å². The third kappa shape index (κ3) is 1.84. The Hall–Kier alpha value is -0.300. The molecule has 0 radical (unpaired) electrons. The lowest BCUT2D eigenvalue weighted by atomic mass is 9.61. The highest BCUT2D eigenvalue weighted by Crippen LogP contribution is 2.52. The summed E-state index contributed by atoms with van der Waals surface area (Å²) in [6.07, 6.45) is 8.10. The average Bonchev–Trinajstić information content (AvgIpc) is 2.28. The molecule has 1 saturated carbocycles. The van der Waals surface area contributed by atoms with Gasteiger partial charge in [-0.25, -0.2) is 0 Å². The number of fused-ring (bicyclic) bond motifs is 1. The standard InChI is InChI=1S/C15H26O/c1-11-7-9-15(16)12(2)6-5-8-14(3,4)13(15)10-11/h10,12-13,16H,5-9H2,1-4H3/t12-,13+,15+/m0/s1. The van der Waals surface area contributed by atoms with Crippen LogP contribution >= 0.6 is 0 Å². The molecular formula is C15H26O. The molecule has 1 N–H and O–H groups in total.